The van der Waals surface area contributed by atoms with Gasteiger partial charge in [0.25, 0.3) is 0 Å². The average molecular weight is 1140 g/mol. The third kappa shape index (κ3) is 66.4. The number of rotatable bonds is 55. The average Bonchev–Trinajstić information content (AvgIpc) is 3.49. The van der Waals surface area contributed by atoms with Gasteiger partial charge in [-0.25, -0.2) is 0 Å². The molecule has 0 amide bonds. The summed E-state index contributed by atoms with van der Waals surface area (Å²) in [4.78, 5) is 38.2. The standard InChI is InChI=1S/C77H114O6/c1-4-7-10-13-16-19-22-25-27-29-30-31-32-33-34-35-36-37-38-39-40-41-42-43-44-45-46-48-49-52-55-58-61-64-67-70-76(79)82-73-74(72-81-75(78)69-66-63-60-57-54-51-24-21-18-15-12-9-6-3)83-77(80)71-68-65-62-59-56-53-50-47-28-26-23-20-17-14-11-8-5-2/h7-12,16-21,25-28,30-31,33-34,36-37,39-40,42-43,45-46,50-51,53-54,59-60,62-63,74H,4-6,13-15,22-24,29,32,35,38,41,44,47-49,52,55-58,61,64-73H2,1-3H3/b10-7-,11-8-,12-9-,19-16-,20-17-,21-18-,27-25-,28-26-,31-30-,34-33-,37-36-,40-39-,43-42-,46-45-,53-50-,54-51-,62-59-,63-60-. The van der Waals surface area contributed by atoms with Crippen molar-refractivity contribution in [2.24, 2.45) is 0 Å². The van der Waals surface area contributed by atoms with E-state index in [4.69, 9.17) is 14.2 Å². The van der Waals surface area contributed by atoms with Crippen molar-refractivity contribution in [2.45, 2.75) is 232 Å². The van der Waals surface area contributed by atoms with Gasteiger partial charge in [0.2, 0.25) is 0 Å². The van der Waals surface area contributed by atoms with Gasteiger partial charge in [-0.15, -0.1) is 0 Å². The predicted molar refractivity (Wildman–Crippen MR) is 361 cm³/mol. The summed E-state index contributed by atoms with van der Waals surface area (Å²) in [5, 5.41) is 0. The Hall–Kier alpha value is -6.27. The van der Waals surface area contributed by atoms with Gasteiger partial charge in [-0.1, -0.05) is 272 Å². The van der Waals surface area contributed by atoms with Gasteiger partial charge >= 0.3 is 17.9 Å². The summed E-state index contributed by atoms with van der Waals surface area (Å²) in [6.45, 7) is 6.15. The molecule has 0 aliphatic heterocycles. The van der Waals surface area contributed by atoms with Crippen molar-refractivity contribution < 1.29 is 28.6 Å². The smallest absolute Gasteiger partial charge is 0.306 e. The van der Waals surface area contributed by atoms with E-state index in [1.807, 2.05) is 12.2 Å². The quantitative estimate of drug-likeness (QED) is 0.0261. The molecule has 0 fully saturated rings. The fourth-order valence-electron chi connectivity index (χ4n) is 7.78. The van der Waals surface area contributed by atoms with Crippen molar-refractivity contribution in [2.75, 3.05) is 13.2 Å². The molecule has 0 aromatic heterocycles. The lowest BCUT2D eigenvalue weighted by Crippen LogP contribution is -2.30. The first-order chi connectivity index (χ1) is 41.0. The number of esters is 3. The molecule has 0 saturated carbocycles. The zero-order chi connectivity index (χ0) is 59.9. The Kier molecular flexibility index (Phi) is 63.1. The SMILES string of the molecule is CC/C=C\C/C=C\C/C=C\C/C=C\C/C=C\C/C=C\C/C=C\C/C=C\C/C=C\CCCCCCCCCC(=O)OCC(COC(=O)CC/C=C\C/C=C\C/C=C\C/C=C\CC)OC(=O)CCC/C=C\C/C=C\C/C=C\C/C=C\C/C=C\CC. The van der Waals surface area contributed by atoms with Crippen LogP contribution in [0.4, 0.5) is 0 Å². The van der Waals surface area contributed by atoms with Crippen LogP contribution in [0.15, 0.2) is 219 Å². The summed E-state index contributed by atoms with van der Waals surface area (Å²) < 4.78 is 16.7. The molecule has 0 radical (unpaired) electrons. The highest BCUT2D eigenvalue weighted by Crippen LogP contribution is 2.12. The Morgan fingerprint density at radius 2 is 0.470 bits per heavy atom. The molecule has 6 heteroatoms. The molecule has 458 valence electrons. The van der Waals surface area contributed by atoms with Gasteiger partial charge in [0.05, 0.1) is 0 Å². The fraction of sp³-hybridized carbons (Fsp3) is 0.494. The summed E-state index contributed by atoms with van der Waals surface area (Å²) in [6.07, 6.45) is 107. The van der Waals surface area contributed by atoms with Crippen LogP contribution in [0.3, 0.4) is 0 Å². The highest BCUT2D eigenvalue weighted by Gasteiger charge is 2.19. The second-order valence-corrected chi connectivity index (χ2v) is 20.2. The normalized spacial score (nSPS) is 13.6. The highest BCUT2D eigenvalue weighted by molar-refractivity contribution is 5.71. The maximum Gasteiger partial charge on any atom is 0.306 e. The summed E-state index contributed by atoms with van der Waals surface area (Å²) in [5.74, 6) is -1.11. The number of ether oxygens (including phenoxy) is 3. The molecular formula is C77H114O6. The van der Waals surface area contributed by atoms with Gasteiger partial charge in [-0.2, -0.15) is 0 Å². The first kappa shape index (κ1) is 76.7. The maximum absolute atomic E-state index is 12.9. The number of allylic oxidation sites excluding steroid dienone is 36. The Labute approximate surface area is 508 Å². The van der Waals surface area contributed by atoms with Gasteiger partial charge in [-0.05, 0) is 154 Å². The first-order valence-electron chi connectivity index (χ1n) is 32.2. The van der Waals surface area contributed by atoms with Crippen molar-refractivity contribution in [1.82, 2.24) is 0 Å². The second kappa shape index (κ2) is 68.2. The number of carbonyl (C=O) groups excluding carboxylic acids is 3. The zero-order valence-corrected chi connectivity index (χ0v) is 52.4. The maximum atomic E-state index is 12.9. The zero-order valence-electron chi connectivity index (χ0n) is 52.4. The lowest BCUT2D eigenvalue weighted by atomic mass is 10.1. The number of unbranched alkanes of at least 4 members (excludes halogenated alkanes) is 8. The van der Waals surface area contributed by atoms with E-state index in [9.17, 15) is 14.4 Å². The number of hydrogen-bond acceptors (Lipinski definition) is 6. The van der Waals surface area contributed by atoms with E-state index in [1.165, 1.54) is 19.3 Å². The minimum Gasteiger partial charge on any atom is -0.462 e. The van der Waals surface area contributed by atoms with Crippen LogP contribution in [-0.4, -0.2) is 37.2 Å². The lowest BCUT2D eigenvalue weighted by Gasteiger charge is -2.18. The third-order valence-corrected chi connectivity index (χ3v) is 12.5. The van der Waals surface area contributed by atoms with E-state index in [-0.39, 0.29) is 38.0 Å². The van der Waals surface area contributed by atoms with Crippen LogP contribution in [0.25, 0.3) is 0 Å². The van der Waals surface area contributed by atoms with Gasteiger partial charge in [-0.3, -0.25) is 14.4 Å². The molecule has 0 bridgehead atoms. The minimum atomic E-state index is -0.856. The first-order valence-corrected chi connectivity index (χ1v) is 32.2. The van der Waals surface area contributed by atoms with Crippen LogP contribution in [-0.2, 0) is 28.6 Å². The van der Waals surface area contributed by atoms with E-state index >= 15 is 0 Å². The molecule has 0 spiro atoms. The van der Waals surface area contributed by atoms with E-state index in [2.05, 4.69) is 227 Å². The largest absolute Gasteiger partial charge is 0.462 e. The minimum absolute atomic E-state index is 0.141. The summed E-state index contributed by atoms with van der Waals surface area (Å²) in [6, 6.07) is 0. The van der Waals surface area contributed by atoms with Crippen molar-refractivity contribution in [1.29, 1.82) is 0 Å². The van der Waals surface area contributed by atoms with E-state index < -0.39 is 12.1 Å². The van der Waals surface area contributed by atoms with E-state index in [0.29, 0.717) is 19.3 Å². The predicted octanol–water partition coefficient (Wildman–Crippen LogP) is 22.5. The Morgan fingerprint density at radius 1 is 0.241 bits per heavy atom. The van der Waals surface area contributed by atoms with Gasteiger partial charge in [0, 0.05) is 19.3 Å². The molecule has 6 nitrogen and oxygen atoms in total. The Morgan fingerprint density at radius 3 is 0.783 bits per heavy atom. The van der Waals surface area contributed by atoms with Crippen molar-refractivity contribution >= 4 is 17.9 Å². The summed E-state index contributed by atoms with van der Waals surface area (Å²) >= 11 is 0. The van der Waals surface area contributed by atoms with Gasteiger partial charge < -0.3 is 14.2 Å². The summed E-state index contributed by atoms with van der Waals surface area (Å²) in [7, 11) is 0. The molecule has 0 heterocycles. The van der Waals surface area contributed by atoms with Crippen LogP contribution in [0.5, 0.6) is 0 Å². The van der Waals surface area contributed by atoms with E-state index in [1.54, 1.807) is 0 Å². The molecular weight excluding hydrogens is 1020 g/mol. The molecule has 1 atom stereocenters. The Bertz CT molecular complexity index is 2080. The second-order valence-electron chi connectivity index (χ2n) is 20.2. The molecule has 0 rings (SSSR count). The van der Waals surface area contributed by atoms with Crippen molar-refractivity contribution in [3.05, 3.63) is 219 Å². The molecule has 0 aliphatic rings. The number of hydrogen-bond donors (Lipinski definition) is 0. The van der Waals surface area contributed by atoms with Crippen molar-refractivity contribution in [3.63, 3.8) is 0 Å². The van der Waals surface area contributed by atoms with Crippen LogP contribution in [0.2, 0.25) is 0 Å². The monoisotopic (exact) mass is 1130 g/mol. The third-order valence-electron chi connectivity index (χ3n) is 12.5. The topological polar surface area (TPSA) is 78.9 Å². The van der Waals surface area contributed by atoms with Crippen LogP contribution < -0.4 is 0 Å². The molecule has 0 aromatic carbocycles. The van der Waals surface area contributed by atoms with Crippen LogP contribution in [0.1, 0.15) is 226 Å². The van der Waals surface area contributed by atoms with E-state index in [0.717, 1.165) is 154 Å². The van der Waals surface area contributed by atoms with Crippen LogP contribution >= 0.6 is 0 Å². The summed E-state index contributed by atoms with van der Waals surface area (Å²) in [5.41, 5.74) is 0. The number of carbonyl (C=O) groups is 3. The lowest BCUT2D eigenvalue weighted by molar-refractivity contribution is -0.166. The molecule has 1 unspecified atom stereocenters. The van der Waals surface area contributed by atoms with Gasteiger partial charge in [0.15, 0.2) is 6.10 Å². The Balaban J connectivity index is 4.41. The molecule has 0 N–H and O–H groups in total. The molecule has 83 heavy (non-hydrogen) atoms. The molecule has 0 saturated heterocycles. The van der Waals surface area contributed by atoms with Crippen LogP contribution in [0, 0.1) is 0 Å². The molecule has 0 aliphatic carbocycles. The highest BCUT2D eigenvalue weighted by atomic mass is 16.6. The molecule has 0 aromatic rings. The fourth-order valence-corrected chi connectivity index (χ4v) is 7.78. The van der Waals surface area contributed by atoms with Gasteiger partial charge in [0.1, 0.15) is 13.2 Å². The van der Waals surface area contributed by atoms with Crippen molar-refractivity contribution in [3.8, 4) is 0 Å².